The van der Waals surface area contributed by atoms with Crippen molar-refractivity contribution < 1.29 is 4.79 Å². The lowest BCUT2D eigenvalue weighted by atomic mass is 10.4. The topological polar surface area (TPSA) is 70.2 Å². The second-order valence-electron chi connectivity index (χ2n) is 4.92. The van der Waals surface area contributed by atoms with Crippen molar-refractivity contribution in [1.29, 1.82) is 0 Å². The number of aryl methyl sites for hydroxylation is 1. The number of nitrogens with one attached hydrogen (secondary N) is 2. The highest BCUT2D eigenvalue weighted by molar-refractivity contribution is 5.81. The highest BCUT2D eigenvalue weighted by Gasteiger charge is 2.23. The van der Waals surface area contributed by atoms with Crippen molar-refractivity contribution in [3.05, 3.63) is 11.8 Å². The predicted octanol–water partition coefficient (Wildman–Crippen LogP) is 0.932. The summed E-state index contributed by atoms with van der Waals surface area (Å²) in [5, 5.41) is 6.06. The van der Waals surface area contributed by atoms with Crippen LogP contribution in [-0.4, -0.2) is 42.1 Å². The molecule has 0 aromatic carbocycles. The molecule has 2 rings (SSSR count). The molecule has 1 aromatic rings. The molecule has 1 amide bonds. The molecule has 0 saturated heterocycles. The first-order valence-electron chi connectivity index (χ1n) is 6.68. The molecule has 0 bridgehead atoms. The Morgan fingerprint density at radius 2 is 2.21 bits per heavy atom. The minimum absolute atomic E-state index is 0.0475. The molecule has 1 aliphatic rings. The van der Waals surface area contributed by atoms with E-state index in [0.717, 1.165) is 30.9 Å². The molecule has 1 aromatic heterocycles. The average Bonchev–Trinajstić information content (AvgIpc) is 3.12. The quantitative estimate of drug-likeness (QED) is 0.799. The van der Waals surface area contributed by atoms with E-state index in [9.17, 15) is 4.79 Å². The Hall–Kier alpha value is -1.85. The number of hydrogen-bond acceptors (Lipinski definition) is 5. The summed E-state index contributed by atoms with van der Waals surface area (Å²) >= 11 is 0. The van der Waals surface area contributed by atoms with Crippen molar-refractivity contribution in [2.24, 2.45) is 0 Å². The van der Waals surface area contributed by atoms with E-state index in [4.69, 9.17) is 0 Å². The van der Waals surface area contributed by atoms with E-state index in [1.54, 1.807) is 0 Å². The zero-order valence-electron chi connectivity index (χ0n) is 11.7. The lowest BCUT2D eigenvalue weighted by Crippen LogP contribution is -2.36. The zero-order valence-corrected chi connectivity index (χ0v) is 11.7. The summed E-state index contributed by atoms with van der Waals surface area (Å²) in [6, 6.07) is 2.27. The van der Waals surface area contributed by atoms with Gasteiger partial charge in [-0.3, -0.25) is 4.79 Å². The number of likely N-dealkylation sites (N-methyl/N-ethyl adjacent to an activating group) is 1. The van der Waals surface area contributed by atoms with Crippen LogP contribution in [0.5, 0.6) is 0 Å². The summed E-state index contributed by atoms with van der Waals surface area (Å²) in [6.07, 6.45) is 2.21. The molecule has 104 valence electrons. The molecule has 1 heterocycles. The average molecular weight is 263 g/mol. The molecule has 0 atom stereocenters. The largest absolute Gasteiger partial charge is 0.354 e. The van der Waals surface area contributed by atoms with Gasteiger partial charge in [-0.25, -0.2) is 4.98 Å². The molecule has 6 heteroatoms. The molecular weight excluding hydrogens is 242 g/mol. The predicted molar refractivity (Wildman–Crippen MR) is 75.4 cm³/mol. The summed E-state index contributed by atoms with van der Waals surface area (Å²) in [5.41, 5.74) is 0.885. The lowest BCUT2D eigenvalue weighted by Gasteiger charge is -2.18. The molecular formula is C13H21N5O. The van der Waals surface area contributed by atoms with Crippen LogP contribution in [0.15, 0.2) is 6.07 Å². The zero-order chi connectivity index (χ0) is 13.8. The Kier molecular flexibility index (Phi) is 4.19. The standard InChI is InChI=1S/C13H21N5O/c1-4-14-13-15-9(2)7-11(17-13)18(3)8-12(19)16-10-5-6-10/h7,10H,4-6,8H2,1-3H3,(H,16,19)(H,14,15,17). The minimum atomic E-state index is 0.0475. The molecule has 1 saturated carbocycles. The van der Waals surface area contributed by atoms with Gasteiger partial charge < -0.3 is 15.5 Å². The molecule has 0 aliphatic heterocycles. The highest BCUT2D eigenvalue weighted by Crippen LogP contribution is 2.18. The van der Waals surface area contributed by atoms with Gasteiger partial charge in [-0.05, 0) is 26.7 Å². The van der Waals surface area contributed by atoms with E-state index < -0.39 is 0 Å². The van der Waals surface area contributed by atoms with Crippen LogP contribution < -0.4 is 15.5 Å². The Bertz CT molecular complexity index is 458. The second kappa shape index (κ2) is 5.86. The van der Waals surface area contributed by atoms with E-state index in [2.05, 4.69) is 20.6 Å². The van der Waals surface area contributed by atoms with Gasteiger partial charge in [-0.1, -0.05) is 0 Å². The Labute approximate surface area is 113 Å². The maximum absolute atomic E-state index is 11.8. The number of anilines is 2. The first-order chi connectivity index (χ1) is 9.08. The molecule has 2 N–H and O–H groups in total. The van der Waals surface area contributed by atoms with Crippen LogP contribution in [0.1, 0.15) is 25.5 Å². The highest BCUT2D eigenvalue weighted by atomic mass is 16.2. The van der Waals surface area contributed by atoms with Crippen LogP contribution in [-0.2, 0) is 4.79 Å². The van der Waals surface area contributed by atoms with Gasteiger partial charge in [0.05, 0.1) is 6.54 Å². The van der Waals surface area contributed by atoms with Crippen molar-refractivity contribution in [2.75, 3.05) is 30.4 Å². The minimum Gasteiger partial charge on any atom is -0.354 e. The third-order valence-corrected chi connectivity index (χ3v) is 2.89. The van der Waals surface area contributed by atoms with Crippen molar-refractivity contribution in [3.8, 4) is 0 Å². The molecule has 1 fully saturated rings. The number of amides is 1. The van der Waals surface area contributed by atoms with Crippen LogP contribution in [0.4, 0.5) is 11.8 Å². The number of nitrogens with zero attached hydrogens (tertiary/aromatic N) is 3. The van der Waals surface area contributed by atoms with Gasteiger partial charge in [0, 0.05) is 31.4 Å². The number of carbonyl (C=O) groups excluding carboxylic acids is 1. The van der Waals surface area contributed by atoms with Crippen LogP contribution in [0, 0.1) is 6.92 Å². The van der Waals surface area contributed by atoms with Gasteiger partial charge in [0.15, 0.2) is 0 Å². The third kappa shape index (κ3) is 4.08. The van der Waals surface area contributed by atoms with E-state index in [0.29, 0.717) is 18.5 Å². The second-order valence-corrected chi connectivity index (χ2v) is 4.92. The monoisotopic (exact) mass is 263 g/mol. The number of carbonyl (C=O) groups is 1. The van der Waals surface area contributed by atoms with Crippen molar-refractivity contribution in [1.82, 2.24) is 15.3 Å². The van der Waals surface area contributed by atoms with Crippen molar-refractivity contribution >= 4 is 17.7 Å². The summed E-state index contributed by atoms with van der Waals surface area (Å²) in [5.74, 6) is 1.41. The summed E-state index contributed by atoms with van der Waals surface area (Å²) in [6.45, 7) is 5.01. The Balaban J connectivity index is 2.00. The SMILES string of the molecule is CCNc1nc(C)cc(N(C)CC(=O)NC2CC2)n1. The molecule has 0 unspecified atom stereocenters. The van der Waals surface area contributed by atoms with E-state index in [1.807, 2.05) is 31.9 Å². The summed E-state index contributed by atoms with van der Waals surface area (Å²) < 4.78 is 0. The Morgan fingerprint density at radius 1 is 1.47 bits per heavy atom. The lowest BCUT2D eigenvalue weighted by molar-refractivity contribution is -0.119. The molecule has 0 radical (unpaired) electrons. The van der Waals surface area contributed by atoms with Crippen LogP contribution in [0.2, 0.25) is 0 Å². The Morgan fingerprint density at radius 3 is 2.84 bits per heavy atom. The third-order valence-electron chi connectivity index (χ3n) is 2.89. The first-order valence-corrected chi connectivity index (χ1v) is 6.68. The van der Waals surface area contributed by atoms with Crippen molar-refractivity contribution in [3.63, 3.8) is 0 Å². The number of aromatic nitrogens is 2. The number of rotatable bonds is 6. The van der Waals surface area contributed by atoms with E-state index in [-0.39, 0.29) is 5.91 Å². The smallest absolute Gasteiger partial charge is 0.239 e. The fourth-order valence-corrected chi connectivity index (χ4v) is 1.78. The fraction of sp³-hybridized carbons (Fsp3) is 0.615. The van der Waals surface area contributed by atoms with Crippen LogP contribution >= 0.6 is 0 Å². The van der Waals surface area contributed by atoms with Gasteiger partial charge in [0.2, 0.25) is 11.9 Å². The summed E-state index contributed by atoms with van der Waals surface area (Å²) in [4.78, 5) is 22.3. The first kappa shape index (κ1) is 13.6. The fourth-order valence-electron chi connectivity index (χ4n) is 1.78. The van der Waals surface area contributed by atoms with Gasteiger partial charge in [-0.2, -0.15) is 4.98 Å². The van der Waals surface area contributed by atoms with Gasteiger partial charge >= 0.3 is 0 Å². The summed E-state index contributed by atoms with van der Waals surface area (Å²) in [7, 11) is 1.87. The number of hydrogen-bond donors (Lipinski definition) is 2. The van der Waals surface area contributed by atoms with E-state index in [1.165, 1.54) is 0 Å². The van der Waals surface area contributed by atoms with Gasteiger partial charge in [0.25, 0.3) is 0 Å². The van der Waals surface area contributed by atoms with Crippen LogP contribution in [0.3, 0.4) is 0 Å². The molecule has 0 spiro atoms. The van der Waals surface area contributed by atoms with Crippen LogP contribution in [0.25, 0.3) is 0 Å². The van der Waals surface area contributed by atoms with E-state index >= 15 is 0 Å². The van der Waals surface area contributed by atoms with Crippen molar-refractivity contribution in [2.45, 2.75) is 32.7 Å². The van der Waals surface area contributed by atoms with Gasteiger partial charge in [0.1, 0.15) is 5.82 Å². The van der Waals surface area contributed by atoms with Gasteiger partial charge in [-0.15, -0.1) is 0 Å². The maximum Gasteiger partial charge on any atom is 0.239 e. The normalized spacial score (nSPS) is 14.1. The maximum atomic E-state index is 11.8. The molecule has 6 nitrogen and oxygen atoms in total. The molecule has 1 aliphatic carbocycles. The molecule has 19 heavy (non-hydrogen) atoms.